The van der Waals surface area contributed by atoms with Gasteiger partial charge >= 0.3 is 0 Å². The van der Waals surface area contributed by atoms with Crippen LogP contribution in [0.1, 0.15) is 38.4 Å². The average Bonchev–Trinajstić information content (AvgIpc) is 3.17. The number of nitrogens with one attached hydrogen (secondary N) is 2. The number of sulfonamides is 1. The standard InChI is InChI=1S/C24H28BrN5O2S/c1-2-3-14-21-29-22-23(17-10-4-6-12-19(17)28-24(22)26)30(21)16-9-8-15-27-33(31,32)20-13-7-5-11-18(20)25/h4-7,10-13,27H,2-3,8-9,14-16H2,1H3,(H2,26,28)/p+1. The molecule has 2 aromatic carbocycles. The molecule has 9 heteroatoms. The number of pyridine rings is 1. The number of imidazole rings is 1. The van der Waals surface area contributed by atoms with Crippen molar-refractivity contribution in [2.45, 2.75) is 50.5 Å². The summed E-state index contributed by atoms with van der Waals surface area (Å²) >= 11 is 3.32. The highest BCUT2D eigenvalue weighted by molar-refractivity contribution is 9.10. The maximum atomic E-state index is 12.6. The van der Waals surface area contributed by atoms with Gasteiger partial charge in [-0.2, -0.15) is 0 Å². The van der Waals surface area contributed by atoms with Crippen LogP contribution in [0.5, 0.6) is 0 Å². The molecule has 7 nitrogen and oxygen atoms in total. The summed E-state index contributed by atoms with van der Waals surface area (Å²) in [5, 5.41) is 1.07. The van der Waals surface area contributed by atoms with Crippen LogP contribution in [0, 0.1) is 0 Å². The van der Waals surface area contributed by atoms with Crippen LogP contribution in [0.15, 0.2) is 57.9 Å². The van der Waals surface area contributed by atoms with Crippen molar-refractivity contribution in [3.63, 3.8) is 0 Å². The van der Waals surface area contributed by atoms with Crippen molar-refractivity contribution in [3.8, 4) is 0 Å². The van der Waals surface area contributed by atoms with Crippen molar-refractivity contribution in [1.82, 2.24) is 14.7 Å². The molecular weight excluding hydrogens is 502 g/mol. The number of benzene rings is 2. The van der Waals surface area contributed by atoms with E-state index in [0.717, 1.165) is 66.4 Å². The van der Waals surface area contributed by atoms with Crippen LogP contribution in [-0.2, 0) is 23.0 Å². The number of hydrogen-bond donors (Lipinski definition) is 3. The number of nitrogens with two attached hydrogens (primary N) is 1. The first-order valence-corrected chi connectivity index (χ1v) is 13.5. The van der Waals surface area contributed by atoms with Gasteiger partial charge in [0.05, 0.1) is 22.3 Å². The Hall–Kier alpha value is -2.49. The first-order valence-electron chi connectivity index (χ1n) is 11.2. The molecule has 174 valence electrons. The lowest BCUT2D eigenvalue weighted by Gasteiger charge is -2.08. The molecule has 4 N–H and O–H groups in total. The highest BCUT2D eigenvalue weighted by Gasteiger charge is 2.23. The third-order valence-electron chi connectivity index (χ3n) is 5.75. The highest BCUT2D eigenvalue weighted by atomic mass is 79.9. The van der Waals surface area contributed by atoms with E-state index < -0.39 is 10.0 Å². The number of halogens is 1. The summed E-state index contributed by atoms with van der Waals surface area (Å²) in [5.41, 5.74) is 9.10. The number of para-hydroxylation sites is 1. The van der Waals surface area contributed by atoms with Crippen molar-refractivity contribution in [2.24, 2.45) is 0 Å². The second kappa shape index (κ2) is 10.2. The largest absolute Gasteiger partial charge is 0.380 e. The molecule has 0 amide bonds. The normalized spacial score (nSPS) is 12.1. The summed E-state index contributed by atoms with van der Waals surface area (Å²) in [6.45, 7) is 3.32. The van der Waals surface area contributed by atoms with Gasteiger partial charge in [0.15, 0.2) is 11.3 Å². The third kappa shape index (κ3) is 5.05. The quantitative estimate of drug-likeness (QED) is 0.208. The van der Waals surface area contributed by atoms with E-state index in [0.29, 0.717) is 16.8 Å². The summed E-state index contributed by atoms with van der Waals surface area (Å²) in [6, 6.07) is 14.9. The van der Waals surface area contributed by atoms with Gasteiger partial charge in [0.2, 0.25) is 15.5 Å². The fourth-order valence-electron chi connectivity index (χ4n) is 4.09. The van der Waals surface area contributed by atoms with E-state index in [1.54, 1.807) is 24.3 Å². The van der Waals surface area contributed by atoms with E-state index in [4.69, 9.17) is 5.73 Å². The summed E-state index contributed by atoms with van der Waals surface area (Å²) < 4.78 is 30.8. The predicted molar refractivity (Wildman–Crippen MR) is 135 cm³/mol. The Morgan fingerprint density at radius 2 is 1.85 bits per heavy atom. The number of anilines is 1. The Labute approximate surface area is 202 Å². The maximum absolute atomic E-state index is 12.6. The number of aromatic amines is 1. The van der Waals surface area contributed by atoms with Gasteiger partial charge in [-0.1, -0.05) is 37.6 Å². The minimum atomic E-state index is -3.55. The van der Waals surface area contributed by atoms with Crippen molar-refractivity contribution >= 4 is 53.7 Å². The smallest absolute Gasteiger partial charge is 0.255 e. The summed E-state index contributed by atoms with van der Waals surface area (Å²) in [6.07, 6.45) is 4.64. The molecule has 0 saturated heterocycles. The summed E-state index contributed by atoms with van der Waals surface area (Å²) in [4.78, 5) is 8.33. The fraction of sp³-hybridized carbons (Fsp3) is 0.333. The number of H-pyrrole nitrogens is 1. The molecular formula is C24H29BrN5O2S+. The second-order valence-corrected chi connectivity index (χ2v) is 10.7. The van der Waals surface area contributed by atoms with Crippen LogP contribution in [0.4, 0.5) is 5.82 Å². The molecule has 0 aliphatic heterocycles. The first kappa shape index (κ1) is 23.7. The average molecular weight is 532 g/mol. The molecule has 4 aromatic rings. The van der Waals surface area contributed by atoms with Crippen molar-refractivity contribution in [2.75, 3.05) is 12.3 Å². The number of aromatic nitrogens is 3. The molecule has 0 unspecified atom stereocenters. The maximum Gasteiger partial charge on any atom is 0.255 e. The second-order valence-electron chi connectivity index (χ2n) is 8.10. The number of fused-ring (bicyclic) bond motifs is 3. The van der Waals surface area contributed by atoms with Gasteiger partial charge in [-0.05, 0) is 59.5 Å². The van der Waals surface area contributed by atoms with Crippen LogP contribution >= 0.6 is 15.9 Å². The number of nitrogen functional groups attached to an aromatic ring is 1. The molecule has 2 aromatic heterocycles. The number of nitrogens with zero attached hydrogens (tertiary/aromatic N) is 2. The van der Waals surface area contributed by atoms with Crippen molar-refractivity contribution in [1.29, 1.82) is 0 Å². The first-order chi connectivity index (χ1) is 15.9. The SMILES string of the molecule is CCCCc1[nH]c2c(N)nc3ccccc3c2[n+]1CCCCNS(=O)(=O)c1ccccc1Br. The highest BCUT2D eigenvalue weighted by Crippen LogP contribution is 2.26. The molecule has 0 aliphatic carbocycles. The number of aryl methyl sites for hydroxylation is 2. The van der Waals surface area contributed by atoms with E-state index in [-0.39, 0.29) is 4.90 Å². The Balaban J connectivity index is 1.52. The minimum absolute atomic E-state index is 0.257. The van der Waals surface area contributed by atoms with E-state index in [2.05, 4.69) is 48.2 Å². The molecule has 0 saturated carbocycles. The monoisotopic (exact) mass is 530 g/mol. The third-order valence-corrected chi connectivity index (χ3v) is 8.23. The van der Waals surface area contributed by atoms with Gasteiger partial charge in [0, 0.05) is 17.4 Å². The van der Waals surface area contributed by atoms with Crippen LogP contribution in [0.3, 0.4) is 0 Å². The van der Waals surface area contributed by atoms with Gasteiger partial charge < -0.3 is 5.73 Å². The predicted octanol–water partition coefficient (Wildman–Crippen LogP) is 4.45. The number of rotatable bonds is 10. The van der Waals surface area contributed by atoms with Gasteiger partial charge in [-0.3, -0.25) is 0 Å². The van der Waals surface area contributed by atoms with Crippen molar-refractivity contribution in [3.05, 3.63) is 58.8 Å². The lowest BCUT2D eigenvalue weighted by molar-refractivity contribution is -0.678. The van der Waals surface area contributed by atoms with Gasteiger partial charge in [-0.25, -0.2) is 27.7 Å². The molecule has 0 atom stereocenters. The Morgan fingerprint density at radius 3 is 2.64 bits per heavy atom. The summed E-state index contributed by atoms with van der Waals surface area (Å²) in [5.74, 6) is 1.63. The van der Waals surface area contributed by atoms with E-state index in [9.17, 15) is 8.42 Å². The van der Waals surface area contributed by atoms with Gasteiger partial charge in [0.25, 0.3) is 5.82 Å². The fourth-order valence-corrected chi connectivity index (χ4v) is 6.17. The Bertz CT molecular complexity index is 1380. The zero-order valence-electron chi connectivity index (χ0n) is 18.6. The van der Waals surface area contributed by atoms with Gasteiger partial charge in [0.1, 0.15) is 0 Å². The molecule has 33 heavy (non-hydrogen) atoms. The zero-order chi connectivity index (χ0) is 23.4. The Kier molecular flexibility index (Phi) is 7.31. The lowest BCUT2D eigenvalue weighted by Crippen LogP contribution is -2.38. The number of hydrogen-bond acceptors (Lipinski definition) is 4. The van der Waals surface area contributed by atoms with Crippen molar-refractivity contribution < 1.29 is 13.0 Å². The Morgan fingerprint density at radius 1 is 1.09 bits per heavy atom. The van der Waals surface area contributed by atoms with E-state index in [1.165, 1.54) is 0 Å². The number of unbranched alkanes of at least 4 members (excludes halogenated alkanes) is 2. The van der Waals surface area contributed by atoms with Crippen LogP contribution < -0.4 is 15.0 Å². The molecule has 0 radical (unpaired) electrons. The molecule has 2 heterocycles. The molecule has 0 fully saturated rings. The summed E-state index contributed by atoms with van der Waals surface area (Å²) in [7, 11) is -3.55. The zero-order valence-corrected chi connectivity index (χ0v) is 21.0. The topological polar surface area (TPSA) is 105 Å². The molecule has 0 aliphatic rings. The molecule has 0 bridgehead atoms. The van der Waals surface area contributed by atoms with Crippen LogP contribution in [0.2, 0.25) is 0 Å². The molecule has 4 rings (SSSR count). The lowest BCUT2D eigenvalue weighted by atomic mass is 10.2. The van der Waals surface area contributed by atoms with E-state index in [1.807, 2.05) is 18.2 Å². The molecule has 0 spiro atoms. The van der Waals surface area contributed by atoms with E-state index >= 15 is 0 Å². The van der Waals surface area contributed by atoms with Crippen LogP contribution in [0.25, 0.3) is 21.9 Å². The van der Waals surface area contributed by atoms with Crippen LogP contribution in [-0.4, -0.2) is 24.9 Å². The minimum Gasteiger partial charge on any atom is -0.380 e. The van der Waals surface area contributed by atoms with Gasteiger partial charge in [-0.15, -0.1) is 0 Å².